The number of ether oxygens (including phenoxy) is 1. The van der Waals surface area contributed by atoms with Crippen molar-refractivity contribution >= 4 is 34.2 Å². The van der Waals surface area contributed by atoms with Gasteiger partial charge in [-0.2, -0.15) is 0 Å². The molecular formula is C20H22IN3O4. The molecule has 0 aromatic heterocycles. The summed E-state index contributed by atoms with van der Waals surface area (Å²) in [7, 11) is 1.63. The molecular weight excluding hydrogens is 473 g/mol. The molecule has 1 aliphatic rings. The van der Waals surface area contributed by atoms with Crippen LogP contribution in [-0.4, -0.2) is 42.5 Å². The molecule has 2 aromatic carbocycles. The second kappa shape index (κ2) is 9.33. The van der Waals surface area contributed by atoms with Gasteiger partial charge in [0.25, 0.3) is 11.6 Å². The Kier molecular flexibility index (Phi) is 6.84. The van der Waals surface area contributed by atoms with Gasteiger partial charge >= 0.3 is 0 Å². The number of carbonyl (C=O) groups is 1. The van der Waals surface area contributed by atoms with Gasteiger partial charge in [-0.3, -0.25) is 19.8 Å². The Bertz CT molecular complexity index is 868. The molecule has 0 spiro atoms. The van der Waals surface area contributed by atoms with E-state index < -0.39 is 4.92 Å². The highest BCUT2D eigenvalue weighted by Gasteiger charge is 2.25. The number of nitrogens with one attached hydrogen (secondary N) is 1. The Morgan fingerprint density at radius 3 is 2.71 bits per heavy atom. The van der Waals surface area contributed by atoms with Crippen LogP contribution < -0.4 is 10.1 Å². The summed E-state index contributed by atoms with van der Waals surface area (Å²) in [5.41, 5.74) is 1.31. The standard InChI is InChI=1S/C20H22IN3O4/c1-28-16-6-4-5-14(11-16)19(23-9-2-3-10-23)13-22-20(25)17-12-15(24(26)27)7-8-18(17)21/h4-8,11-12,19H,2-3,9-10,13H2,1H3,(H,22,25). The van der Waals surface area contributed by atoms with Gasteiger partial charge in [0, 0.05) is 22.2 Å². The molecule has 0 bridgehead atoms. The van der Waals surface area contributed by atoms with E-state index in [-0.39, 0.29) is 17.6 Å². The van der Waals surface area contributed by atoms with E-state index in [2.05, 4.69) is 10.2 Å². The highest BCUT2D eigenvalue weighted by Crippen LogP contribution is 2.27. The van der Waals surface area contributed by atoms with Gasteiger partial charge in [0.2, 0.25) is 0 Å². The summed E-state index contributed by atoms with van der Waals surface area (Å²) in [5.74, 6) is 0.474. The molecule has 0 radical (unpaired) electrons. The number of rotatable bonds is 7. The maximum atomic E-state index is 12.7. The number of carbonyl (C=O) groups excluding carboxylic acids is 1. The summed E-state index contributed by atoms with van der Waals surface area (Å²) in [6, 6.07) is 12.2. The lowest BCUT2D eigenvalue weighted by Crippen LogP contribution is -2.37. The van der Waals surface area contributed by atoms with E-state index >= 15 is 0 Å². The fraction of sp³-hybridized carbons (Fsp3) is 0.350. The van der Waals surface area contributed by atoms with Crippen molar-refractivity contribution in [2.75, 3.05) is 26.7 Å². The van der Waals surface area contributed by atoms with Crippen LogP contribution in [0.4, 0.5) is 5.69 Å². The van der Waals surface area contributed by atoms with Crippen LogP contribution >= 0.6 is 22.6 Å². The van der Waals surface area contributed by atoms with Gasteiger partial charge in [0.15, 0.2) is 0 Å². The van der Waals surface area contributed by atoms with E-state index in [1.54, 1.807) is 13.2 Å². The molecule has 0 aliphatic carbocycles. The number of nitro groups is 1. The first-order chi connectivity index (χ1) is 13.5. The van der Waals surface area contributed by atoms with Gasteiger partial charge in [0.1, 0.15) is 5.75 Å². The zero-order valence-electron chi connectivity index (χ0n) is 15.6. The third-order valence-corrected chi connectivity index (χ3v) is 5.86. The lowest BCUT2D eigenvalue weighted by Gasteiger charge is -2.28. The average Bonchev–Trinajstić information content (AvgIpc) is 3.22. The minimum absolute atomic E-state index is 0.0258. The first kappa shape index (κ1) is 20.5. The van der Waals surface area contributed by atoms with E-state index in [9.17, 15) is 14.9 Å². The molecule has 148 valence electrons. The fourth-order valence-electron chi connectivity index (χ4n) is 3.45. The quantitative estimate of drug-likeness (QED) is 0.359. The van der Waals surface area contributed by atoms with Gasteiger partial charge in [-0.1, -0.05) is 12.1 Å². The molecule has 1 fully saturated rings. The monoisotopic (exact) mass is 495 g/mol. The first-order valence-corrected chi connectivity index (χ1v) is 10.2. The zero-order valence-corrected chi connectivity index (χ0v) is 17.7. The molecule has 7 nitrogen and oxygen atoms in total. The summed E-state index contributed by atoms with van der Waals surface area (Å²) in [6.45, 7) is 2.38. The minimum Gasteiger partial charge on any atom is -0.497 e. The molecule has 1 unspecified atom stereocenters. The lowest BCUT2D eigenvalue weighted by atomic mass is 10.0. The number of likely N-dealkylation sites (tertiary alicyclic amines) is 1. The third-order valence-electron chi connectivity index (χ3n) is 4.92. The predicted molar refractivity (Wildman–Crippen MR) is 115 cm³/mol. The summed E-state index contributed by atoms with van der Waals surface area (Å²) in [6.07, 6.45) is 2.27. The van der Waals surface area contributed by atoms with Crippen LogP contribution in [0.25, 0.3) is 0 Å². The van der Waals surface area contributed by atoms with Crippen LogP contribution in [0, 0.1) is 13.7 Å². The number of amides is 1. The number of halogens is 1. The largest absolute Gasteiger partial charge is 0.497 e. The normalized spacial score (nSPS) is 15.2. The fourth-order valence-corrected chi connectivity index (χ4v) is 4.03. The van der Waals surface area contributed by atoms with E-state index in [4.69, 9.17) is 4.74 Å². The summed E-state index contributed by atoms with van der Waals surface area (Å²) in [5, 5.41) is 14.0. The van der Waals surface area contributed by atoms with Crippen LogP contribution in [-0.2, 0) is 0 Å². The number of hydrogen-bond donors (Lipinski definition) is 1. The molecule has 3 rings (SSSR count). The van der Waals surface area contributed by atoms with Crippen molar-refractivity contribution in [3.63, 3.8) is 0 Å². The first-order valence-electron chi connectivity index (χ1n) is 9.09. The molecule has 1 aliphatic heterocycles. The van der Waals surface area contributed by atoms with E-state index in [1.807, 2.05) is 46.9 Å². The molecule has 0 saturated carbocycles. The molecule has 1 saturated heterocycles. The van der Waals surface area contributed by atoms with E-state index in [1.165, 1.54) is 12.1 Å². The van der Waals surface area contributed by atoms with Crippen molar-refractivity contribution in [2.24, 2.45) is 0 Å². The summed E-state index contributed by atoms with van der Waals surface area (Å²) >= 11 is 2.02. The molecule has 1 heterocycles. The lowest BCUT2D eigenvalue weighted by molar-refractivity contribution is -0.384. The van der Waals surface area contributed by atoms with Crippen molar-refractivity contribution in [2.45, 2.75) is 18.9 Å². The van der Waals surface area contributed by atoms with Crippen molar-refractivity contribution in [3.8, 4) is 5.75 Å². The van der Waals surface area contributed by atoms with E-state index in [0.717, 1.165) is 37.2 Å². The Balaban J connectivity index is 1.79. The Labute approximate surface area is 177 Å². The highest BCUT2D eigenvalue weighted by molar-refractivity contribution is 14.1. The summed E-state index contributed by atoms with van der Waals surface area (Å²) in [4.78, 5) is 25.6. The molecule has 1 amide bonds. The van der Waals surface area contributed by atoms with Crippen LogP contribution in [0.5, 0.6) is 5.75 Å². The Morgan fingerprint density at radius 2 is 2.04 bits per heavy atom. The maximum Gasteiger partial charge on any atom is 0.270 e. The molecule has 2 aromatic rings. The van der Waals surface area contributed by atoms with Crippen molar-refractivity contribution in [1.29, 1.82) is 0 Å². The Morgan fingerprint density at radius 1 is 1.29 bits per heavy atom. The topological polar surface area (TPSA) is 84.7 Å². The number of nitrogens with zero attached hydrogens (tertiary/aromatic N) is 2. The highest BCUT2D eigenvalue weighted by atomic mass is 127. The van der Waals surface area contributed by atoms with E-state index in [0.29, 0.717) is 15.7 Å². The molecule has 1 atom stereocenters. The second-order valence-corrected chi connectivity index (χ2v) is 7.83. The predicted octanol–water partition coefficient (Wildman–Crippen LogP) is 3.77. The maximum absolute atomic E-state index is 12.7. The smallest absolute Gasteiger partial charge is 0.270 e. The minimum atomic E-state index is -0.490. The van der Waals surface area contributed by atoms with Crippen molar-refractivity contribution in [1.82, 2.24) is 10.2 Å². The van der Waals surface area contributed by atoms with Crippen molar-refractivity contribution in [3.05, 3.63) is 67.3 Å². The van der Waals surface area contributed by atoms with Crippen LogP contribution in [0.2, 0.25) is 0 Å². The van der Waals surface area contributed by atoms with Crippen LogP contribution in [0.3, 0.4) is 0 Å². The van der Waals surface area contributed by atoms with Crippen molar-refractivity contribution < 1.29 is 14.5 Å². The molecule has 28 heavy (non-hydrogen) atoms. The van der Waals surface area contributed by atoms with Crippen LogP contribution in [0.1, 0.15) is 34.8 Å². The number of methoxy groups -OCH3 is 1. The van der Waals surface area contributed by atoms with Gasteiger partial charge in [-0.25, -0.2) is 0 Å². The van der Waals surface area contributed by atoms with Gasteiger partial charge in [-0.05, 0) is 72.3 Å². The number of non-ortho nitro benzene ring substituents is 1. The molecule has 1 N–H and O–H groups in total. The number of benzene rings is 2. The SMILES string of the molecule is COc1cccc(C(CNC(=O)c2cc([N+](=O)[O-])ccc2I)N2CCCC2)c1. The zero-order chi connectivity index (χ0) is 20.1. The Hall–Kier alpha value is -2.20. The van der Waals surface area contributed by atoms with Gasteiger partial charge < -0.3 is 10.1 Å². The van der Waals surface area contributed by atoms with Gasteiger partial charge in [-0.15, -0.1) is 0 Å². The number of nitro benzene ring substituents is 1. The second-order valence-electron chi connectivity index (χ2n) is 6.67. The third kappa shape index (κ3) is 4.79. The van der Waals surface area contributed by atoms with Crippen LogP contribution in [0.15, 0.2) is 42.5 Å². The summed E-state index contributed by atoms with van der Waals surface area (Å²) < 4.78 is 6.02. The number of hydrogen-bond acceptors (Lipinski definition) is 5. The average molecular weight is 495 g/mol. The van der Waals surface area contributed by atoms with Gasteiger partial charge in [0.05, 0.1) is 23.6 Å². The molecule has 8 heteroatoms.